The van der Waals surface area contributed by atoms with Crippen molar-refractivity contribution in [3.63, 3.8) is 0 Å². The van der Waals surface area contributed by atoms with Crippen molar-refractivity contribution in [3.8, 4) is 11.5 Å². The predicted molar refractivity (Wildman–Crippen MR) is 159 cm³/mol. The van der Waals surface area contributed by atoms with E-state index >= 15 is 0 Å². The van der Waals surface area contributed by atoms with Gasteiger partial charge >= 0.3 is 5.97 Å². The second kappa shape index (κ2) is 12.1. The van der Waals surface area contributed by atoms with E-state index in [1.807, 2.05) is 39.0 Å². The summed E-state index contributed by atoms with van der Waals surface area (Å²) in [5, 5.41) is 14.2. The molecule has 0 aliphatic rings. The molecule has 4 aromatic rings. The third-order valence-electron chi connectivity index (χ3n) is 5.56. The highest BCUT2D eigenvalue weighted by Gasteiger charge is 2.15. The van der Waals surface area contributed by atoms with Crippen molar-refractivity contribution in [2.45, 2.75) is 33.3 Å². The largest absolute Gasteiger partial charge is 0.490 e. The molecule has 0 radical (unpaired) electrons. The van der Waals surface area contributed by atoms with Crippen molar-refractivity contribution < 1.29 is 19.4 Å². The Labute approximate surface area is 241 Å². The number of carboxylic acids is 1. The lowest BCUT2D eigenvalue weighted by atomic mass is 10.1. The topological polar surface area (TPSA) is 103 Å². The number of aromatic nitrogens is 2. The standard InChI is InChI=1S/C28H25BrIN3O5/c1-4-37-24-12-18(11-22(30)25(24)38-15-17-6-5-7-19(10-17)28(35)36)14-31-33-26(16(2)3)32-23-9-8-20(29)13-21(23)27(33)34/h5-14,16H,4,15H2,1-3H3,(H,35,36). The van der Waals surface area contributed by atoms with Crippen LogP contribution in [0.2, 0.25) is 0 Å². The summed E-state index contributed by atoms with van der Waals surface area (Å²) in [6.07, 6.45) is 1.60. The summed E-state index contributed by atoms with van der Waals surface area (Å²) in [6.45, 7) is 6.40. The first kappa shape index (κ1) is 27.8. The van der Waals surface area contributed by atoms with Gasteiger partial charge in [-0.2, -0.15) is 9.78 Å². The molecule has 0 saturated carbocycles. The Bertz CT molecular complexity index is 1600. The molecule has 0 atom stereocenters. The van der Waals surface area contributed by atoms with E-state index in [0.29, 0.717) is 40.4 Å². The zero-order chi connectivity index (χ0) is 27.4. The van der Waals surface area contributed by atoms with Crippen molar-refractivity contribution in [1.82, 2.24) is 9.66 Å². The maximum absolute atomic E-state index is 13.3. The van der Waals surface area contributed by atoms with Crippen molar-refractivity contribution in [3.05, 3.63) is 95.5 Å². The summed E-state index contributed by atoms with van der Waals surface area (Å²) in [7, 11) is 0. The third-order valence-corrected chi connectivity index (χ3v) is 6.86. The summed E-state index contributed by atoms with van der Waals surface area (Å²) in [4.78, 5) is 29.3. The molecule has 0 amide bonds. The Morgan fingerprint density at radius 2 is 1.97 bits per heavy atom. The van der Waals surface area contributed by atoms with Crippen LogP contribution in [-0.2, 0) is 6.61 Å². The van der Waals surface area contributed by atoms with Gasteiger partial charge in [-0.25, -0.2) is 9.78 Å². The molecule has 0 fully saturated rings. The van der Waals surface area contributed by atoms with E-state index < -0.39 is 5.97 Å². The molecule has 10 heteroatoms. The van der Waals surface area contributed by atoms with E-state index in [-0.39, 0.29) is 23.6 Å². The Morgan fingerprint density at radius 1 is 1.18 bits per heavy atom. The average molecular weight is 690 g/mol. The van der Waals surface area contributed by atoms with Crippen LogP contribution in [0.4, 0.5) is 0 Å². The van der Waals surface area contributed by atoms with Crippen molar-refractivity contribution >= 4 is 61.6 Å². The summed E-state index contributed by atoms with van der Waals surface area (Å²) < 4.78 is 14.8. The monoisotopic (exact) mass is 689 g/mol. The summed E-state index contributed by atoms with van der Waals surface area (Å²) in [6, 6.07) is 15.7. The third kappa shape index (κ3) is 6.24. The summed E-state index contributed by atoms with van der Waals surface area (Å²) >= 11 is 5.58. The molecular formula is C28H25BrIN3O5. The van der Waals surface area contributed by atoms with Crippen LogP contribution in [0.3, 0.4) is 0 Å². The smallest absolute Gasteiger partial charge is 0.335 e. The molecule has 0 aliphatic carbocycles. The molecular weight excluding hydrogens is 665 g/mol. The summed E-state index contributed by atoms with van der Waals surface area (Å²) in [5.41, 5.74) is 2.01. The first-order valence-electron chi connectivity index (χ1n) is 11.9. The van der Waals surface area contributed by atoms with E-state index in [1.165, 1.54) is 10.7 Å². The Kier molecular flexibility index (Phi) is 8.83. The number of nitrogens with zero attached hydrogens (tertiary/aromatic N) is 3. The lowest BCUT2D eigenvalue weighted by Crippen LogP contribution is -2.23. The van der Waals surface area contributed by atoms with Crippen LogP contribution >= 0.6 is 38.5 Å². The second-order valence-electron chi connectivity index (χ2n) is 8.70. The van der Waals surface area contributed by atoms with E-state index in [0.717, 1.165) is 13.6 Å². The molecule has 1 heterocycles. The Morgan fingerprint density at radius 3 is 2.68 bits per heavy atom. The van der Waals surface area contributed by atoms with Gasteiger partial charge in [0.2, 0.25) is 0 Å². The van der Waals surface area contributed by atoms with Crippen LogP contribution in [0, 0.1) is 3.57 Å². The number of halogens is 2. The van der Waals surface area contributed by atoms with Gasteiger partial charge in [0, 0.05) is 10.4 Å². The van der Waals surface area contributed by atoms with E-state index in [2.05, 4.69) is 48.6 Å². The van der Waals surface area contributed by atoms with Crippen molar-refractivity contribution in [2.75, 3.05) is 6.61 Å². The molecule has 4 rings (SSSR count). The average Bonchev–Trinajstić information content (AvgIpc) is 2.88. The molecule has 38 heavy (non-hydrogen) atoms. The highest BCUT2D eigenvalue weighted by molar-refractivity contribution is 14.1. The first-order valence-corrected chi connectivity index (χ1v) is 13.7. The second-order valence-corrected chi connectivity index (χ2v) is 10.8. The number of rotatable bonds is 9. The number of benzene rings is 3. The van der Waals surface area contributed by atoms with Gasteiger partial charge in [-0.15, -0.1) is 0 Å². The minimum atomic E-state index is -0.992. The van der Waals surface area contributed by atoms with Crippen LogP contribution in [0.25, 0.3) is 10.9 Å². The first-order chi connectivity index (χ1) is 18.2. The SMILES string of the molecule is CCOc1cc(C=Nn2c(C(C)C)nc3ccc(Br)cc3c2=O)cc(I)c1OCc1cccc(C(=O)O)c1. The lowest BCUT2D eigenvalue weighted by Gasteiger charge is -2.15. The number of carboxylic acid groups (broad SMARTS) is 1. The molecule has 0 spiro atoms. The number of hydrogen-bond donors (Lipinski definition) is 1. The minimum absolute atomic E-state index is 0.0255. The van der Waals surface area contributed by atoms with Gasteiger partial charge < -0.3 is 14.6 Å². The van der Waals surface area contributed by atoms with E-state index in [9.17, 15) is 14.7 Å². The minimum Gasteiger partial charge on any atom is -0.490 e. The molecule has 8 nitrogen and oxygen atoms in total. The van der Waals surface area contributed by atoms with Crippen LogP contribution in [-0.4, -0.2) is 33.6 Å². The molecule has 0 saturated heterocycles. The van der Waals surface area contributed by atoms with Crippen LogP contribution in [0.1, 0.15) is 54.0 Å². The fourth-order valence-electron chi connectivity index (χ4n) is 3.79. The Hall–Kier alpha value is -3.25. The predicted octanol–water partition coefficient (Wildman–Crippen LogP) is 6.45. The molecule has 0 unspecified atom stereocenters. The highest BCUT2D eigenvalue weighted by Crippen LogP contribution is 2.34. The van der Waals surface area contributed by atoms with Gasteiger partial charge in [0.25, 0.3) is 5.56 Å². The molecule has 1 aromatic heterocycles. The van der Waals surface area contributed by atoms with Gasteiger partial charge in [0.05, 0.1) is 32.9 Å². The van der Waals surface area contributed by atoms with Gasteiger partial charge in [0.1, 0.15) is 12.4 Å². The van der Waals surface area contributed by atoms with Gasteiger partial charge in [-0.3, -0.25) is 4.79 Å². The fourth-order valence-corrected chi connectivity index (χ4v) is 4.93. The lowest BCUT2D eigenvalue weighted by molar-refractivity contribution is 0.0696. The van der Waals surface area contributed by atoms with Crippen LogP contribution in [0.15, 0.2) is 69.0 Å². The number of ether oxygens (including phenoxy) is 2. The van der Waals surface area contributed by atoms with Crippen molar-refractivity contribution in [2.24, 2.45) is 5.10 Å². The number of carbonyl (C=O) groups is 1. The molecule has 1 N–H and O–H groups in total. The number of hydrogen-bond acceptors (Lipinski definition) is 6. The van der Waals surface area contributed by atoms with Crippen LogP contribution < -0.4 is 15.0 Å². The molecule has 0 bridgehead atoms. The van der Waals surface area contributed by atoms with Gasteiger partial charge in [-0.1, -0.05) is 41.9 Å². The molecule has 0 aliphatic heterocycles. The normalized spacial score (nSPS) is 11.4. The molecule has 3 aromatic carbocycles. The van der Waals surface area contributed by atoms with Gasteiger partial charge in [-0.05, 0) is 83.1 Å². The maximum Gasteiger partial charge on any atom is 0.335 e. The number of aromatic carboxylic acids is 1. The molecule has 196 valence electrons. The van der Waals surface area contributed by atoms with E-state index in [1.54, 1.807) is 36.5 Å². The zero-order valence-electron chi connectivity index (χ0n) is 20.9. The summed E-state index contributed by atoms with van der Waals surface area (Å²) in [5.74, 6) is 0.607. The number of fused-ring (bicyclic) bond motifs is 1. The Balaban J connectivity index is 1.68. The fraction of sp³-hybridized carbons (Fsp3) is 0.214. The quantitative estimate of drug-likeness (QED) is 0.160. The zero-order valence-corrected chi connectivity index (χ0v) is 24.7. The van der Waals surface area contributed by atoms with E-state index in [4.69, 9.17) is 9.47 Å². The maximum atomic E-state index is 13.3. The highest BCUT2D eigenvalue weighted by atomic mass is 127. The van der Waals surface area contributed by atoms with Crippen molar-refractivity contribution in [1.29, 1.82) is 0 Å². The van der Waals surface area contributed by atoms with Gasteiger partial charge in [0.15, 0.2) is 11.5 Å². The van der Waals surface area contributed by atoms with Crippen LogP contribution in [0.5, 0.6) is 11.5 Å².